The van der Waals surface area contributed by atoms with E-state index >= 15 is 0 Å². The fourth-order valence-corrected chi connectivity index (χ4v) is 1.41. The normalized spacial score (nSPS) is 10.6. The zero-order valence-corrected chi connectivity index (χ0v) is 9.98. The van der Waals surface area contributed by atoms with Gasteiger partial charge in [-0.05, 0) is 12.8 Å². The summed E-state index contributed by atoms with van der Waals surface area (Å²) in [7, 11) is 1.72. The second-order valence-corrected chi connectivity index (χ2v) is 3.81. The topological polar surface area (TPSA) is 61.2 Å². The van der Waals surface area contributed by atoms with E-state index in [1.165, 1.54) is 4.68 Å². The van der Waals surface area contributed by atoms with Gasteiger partial charge in [0.15, 0.2) is 0 Å². The second kappa shape index (κ2) is 4.92. The molecule has 0 amide bonds. The molecule has 5 nitrogen and oxygen atoms in total. The van der Waals surface area contributed by atoms with Gasteiger partial charge in [0, 0.05) is 13.2 Å². The third kappa shape index (κ3) is 2.48. The first-order chi connectivity index (χ1) is 7.47. The number of rotatable bonds is 4. The number of Topliss-reactive ketones (excluding diaryl/α,β-unsaturated/α-hetero) is 1. The molecule has 5 heteroatoms. The summed E-state index contributed by atoms with van der Waals surface area (Å²) in [5.41, 5.74) is 0.955. The number of ether oxygens (including phenoxy) is 1. The van der Waals surface area contributed by atoms with Crippen molar-refractivity contribution in [2.45, 2.75) is 26.7 Å². The van der Waals surface area contributed by atoms with Crippen molar-refractivity contribution < 1.29 is 14.3 Å². The van der Waals surface area contributed by atoms with Crippen LogP contribution in [0.1, 0.15) is 42.7 Å². The highest BCUT2D eigenvalue weighted by molar-refractivity contribution is 6.40. The van der Waals surface area contributed by atoms with Gasteiger partial charge in [0.1, 0.15) is 0 Å². The molecule has 0 aliphatic rings. The molecule has 1 aromatic rings. The molecule has 0 aromatic carbocycles. The molecule has 0 spiro atoms. The van der Waals surface area contributed by atoms with Crippen LogP contribution >= 0.6 is 0 Å². The van der Waals surface area contributed by atoms with E-state index in [9.17, 15) is 9.59 Å². The standard InChI is InChI=1S/C11H16N2O3/c1-5-16-11(15)10(14)8-6-13(4)12-9(8)7(2)3/h6-7H,5H2,1-4H3. The molecule has 0 bridgehead atoms. The van der Waals surface area contributed by atoms with E-state index < -0.39 is 11.8 Å². The average molecular weight is 224 g/mol. The Morgan fingerprint density at radius 3 is 2.62 bits per heavy atom. The van der Waals surface area contributed by atoms with Crippen molar-refractivity contribution in [3.8, 4) is 0 Å². The van der Waals surface area contributed by atoms with Crippen LogP contribution in [0, 0.1) is 0 Å². The lowest BCUT2D eigenvalue weighted by Crippen LogP contribution is -2.18. The Hall–Kier alpha value is -1.65. The predicted octanol–water partition coefficient (Wildman–Crippen LogP) is 1.29. The molecule has 16 heavy (non-hydrogen) atoms. The quantitative estimate of drug-likeness (QED) is 0.439. The van der Waals surface area contributed by atoms with Crippen LogP contribution in [-0.4, -0.2) is 28.1 Å². The molecule has 1 aromatic heterocycles. The maximum atomic E-state index is 11.7. The molecular formula is C11H16N2O3. The molecule has 0 saturated heterocycles. The van der Waals surface area contributed by atoms with Gasteiger partial charge in [-0.3, -0.25) is 9.48 Å². The van der Waals surface area contributed by atoms with E-state index in [-0.39, 0.29) is 12.5 Å². The highest BCUT2D eigenvalue weighted by Crippen LogP contribution is 2.18. The number of carbonyl (C=O) groups excluding carboxylic acids is 2. The minimum Gasteiger partial charge on any atom is -0.460 e. The van der Waals surface area contributed by atoms with E-state index in [0.717, 1.165) is 0 Å². The minimum absolute atomic E-state index is 0.0922. The minimum atomic E-state index is -0.822. The van der Waals surface area contributed by atoms with Crippen molar-refractivity contribution in [2.24, 2.45) is 7.05 Å². The van der Waals surface area contributed by atoms with Crippen molar-refractivity contribution in [1.82, 2.24) is 9.78 Å². The van der Waals surface area contributed by atoms with E-state index in [1.807, 2.05) is 13.8 Å². The van der Waals surface area contributed by atoms with Crippen LogP contribution in [0.2, 0.25) is 0 Å². The van der Waals surface area contributed by atoms with Crippen LogP contribution in [0.5, 0.6) is 0 Å². The highest BCUT2D eigenvalue weighted by atomic mass is 16.5. The summed E-state index contributed by atoms with van der Waals surface area (Å²) in [6.07, 6.45) is 1.55. The smallest absolute Gasteiger partial charge is 0.379 e. The van der Waals surface area contributed by atoms with Crippen molar-refractivity contribution in [2.75, 3.05) is 6.61 Å². The second-order valence-electron chi connectivity index (χ2n) is 3.81. The molecule has 0 fully saturated rings. The number of ketones is 1. The van der Waals surface area contributed by atoms with Crippen LogP contribution in [0.4, 0.5) is 0 Å². The van der Waals surface area contributed by atoms with Gasteiger partial charge < -0.3 is 4.74 Å². The fraction of sp³-hybridized carbons (Fsp3) is 0.545. The fourth-order valence-electron chi connectivity index (χ4n) is 1.41. The molecule has 0 aliphatic heterocycles. The molecule has 0 saturated carbocycles. The van der Waals surface area contributed by atoms with Crippen LogP contribution in [0.3, 0.4) is 0 Å². The molecule has 0 atom stereocenters. The summed E-state index contributed by atoms with van der Waals surface area (Å²) in [5, 5.41) is 4.16. The Labute approximate surface area is 94.4 Å². The first-order valence-electron chi connectivity index (χ1n) is 5.22. The molecule has 0 unspecified atom stereocenters. The van der Waals surface area contributed by atoms with E-state index in [4.69, 9.17) is 0 Å². The molecular weight excluding hydrogens is 208 g/mol. The van der Waals surface area contributed by atoms with Gasteiger partial charge in [0.05, 0.1) is 17.9 Å². The summed E-state index contributed by atoms with van der Waals surface area (Å²) >= 11 is 0. The van der Waals surface area contributed by atoms with Crippen LogP contribution in [0.15, 0.2) is 6.20 Å². The number of esters is 1. The molecule has 1 rings (SSSR count). The van der Waals surface area contributed by atoms with Crippen LogP contribution in [0.25, 0.3) is 0 Å². The lowest BCUT2D eigenvalue weighted by Gasteiger charge is -2.03. The number of nitrogens with zero attached hydrogens (tertiary/aromatic N) is 2. The van der Waals surface area contributed by atoms with Gasteiger partial charge in [-0.1, -0.05) is 13.8 Å². The first kappa shape index (κ1) is 12.4. The number of aryl methyl sites for hydroxylation is 1. The van der Waals surface area contributed by atoms with Crippen molar-refractivity contribution in [1.29, 1.82) is 0 Å². The van der Waals surface area contributed by atoms with E-state index in [2.05, 4.69) is 9.84 Å². The van der Waals surface area contributed by atoms with Gasteiger partial charge in [0.2, 0.25) is 0 Å². The number of hydrogen-bond acceptors (Lipinski definition) is 4. The predicted molar refractivity (Wildman–Crippen MR) is 58.3 cm³/mol. The number of carbonyl (C=O) groups is 2. The highest BCUT2D eigenvalue weighted by Gasteiger charge is 2.24. The van der Waals surface area contributed by atoms with Gasteiger partial charge in [-0.2, -0.15) is 5.10 Å². The Bertz CT molecular complexity index is 407. The summed E-state index contributed by atoms with van der Waals surface area (Å²) in [4.78, 5) is 23.1. The molecule has 0 aliphatic carbocycles. The van der Waals surface area contributed by atoms with E-state index in [1.54, 1.807) is 20.2 Å². The molecule has 1 heterocycles. The Morgan fingerprint density at radius 2 is 2.12 bits per heavy atom. The Kier molecular flexibility index (Phi) is 3.82. The lowest BCUT2D eigenvalue weighted by atomic mass is 10.0. The monoisotopic (exact) mass is 224 g/mol. The summed E-state index contributed by atoms with van der Waals surface area (Å²) < 4.78 is 6.21. The maximum absolute atomic E-state index is 11.7. The van der Waals surface area contributed by atoms with Crippen molar-refractivity contribution in [3.63, 3.8) is 0 Å². The third-order valence-corrected chi connectivity index (χ3v) is 2.11. The SMILES string of the molecule is CCOC(=O)C(=O)c1cn(C)nc1C(C)C. The summed E-state index contributed by atoms with van der Waals surface area (Å²) in [6.45, 7) is 5.70. The largest absolute Gasteiger partial charge is 0.460 e. The average Bonchev–Trinajstić information content (AvgIpc) is 2.59. The molecule has 0 N–H and O–H groups in total. The summed E-state index contributed by atoms with van der Waals surface area (Å²) in [6, 6.07) is 0. The van der Waals surface area contributed by atoms with Gasteiger partial charge in [-0.15, -0.1) is 0 Å². The molecule has 88 valence electrons. The van der Waals surface area contributed by atoms with Gasteiger partial charge >= 0.3 is 5.97 Å². The number of aromatic nitrogens is 2. The van der Waals surface area contributed by atoms with Crippen LogP contribution < -0.4 is 0 Å². The van der Waals surface area contributed by atoms with Crippen molar-refractivity contribution in [3.05, 3.63) is 17.5 Å². The van der Waals surface area contributed by atoms with E-state index in [0.29, 0.717) is 11.3 Å². The maximum Gasteiger partial charge on any atom is 0.379 e. The van der Waals surface area contributed by atoms with Crippen molar-refractivity contribution >= 4 is 11.8 Å². The number of hydrogen-bond donors (Lipinski definition) is 0. The Morgan fingerprint density at radius 1 is 1.50 bits per heavy atom. The van der Waals surface area contributed by atoms with Gasteiger partial charge in [-0.25, -0.2) is 4.79 Å². The lowest BCUT2D eigenvalue weighted by molar-refractivity contribution is -0.137. The molecule has 0 radical (unpaired) electrons. The van der Waals surface area contributed by atoms with Crippen LogP contribution in [-0.2, 0) is 16.6 Å². The zero-order valence-electron chi connectivity index (χ0n) is 9.98. The first-order valence-corrected chi connectivity index (χ1v) is 5.22. The Balaban J connectivity index is 3.03. The summed E-state index contributed by atoms with van der Waals surface area (Å²) in [5.74, 6) is -1.36. The zero-order chi connectivity index (χ0) is 12.3. The third-order valence-electron chi connectivity index (χ3n) is 2.11. The van der Waals surface area contributed by atoms with Gasteiger partial charge in [0.25, 0.3) is 5.78 Å².